The van der Waals surface area contributed by atoms with Crippen LogP contribution in [0.4, 0.5) is 5.69 Å². The fraction of sp³-hybridized carbons (Fsp3) is 0.500. The molecule has 1 aromatic rings. The fourth-order valence-corrected chi connectivity index (χ4v) is 2.87. The molecule has 1 nitrogen and oxygen atoms in total. The van der Waals surface area contributed by atoms with Gasteiger partial charge in [0.2, 0.25) is 0 Å². The summed E-state index contributed by atoms with van der Waals surface area (Å²) in [5.41, 5.74) is 4.06. The molecule has 0 saturated carbocycles. The zero-order valence-electron chi connectivity index (χ0n) is 9.27. The Kier molecular flexibility index (Phi) is 2.26. The summed E-state index contributed by atoms with van der Waals surface area (Å²) in [4.78, 5) is 1.39. The van der Waals surface area contributed by atoms with Crippen molar-refractivity contribution in [3.63, 3.8) is 0 Å². The number of hydrogen-bond acceptors (Lipinski definition) is 2. The fourth-order valence-electron chi connectivity index (χ4n) is 1.65. The molecule has 0 aromatic heterocycles. The smallest absolute Gasteiger partial charge is 0.0481 e. The SMILES string of the molecule is Cc1cc2c(cc1C)SC(C)(C)CN2. The van der Waals surface area contributed by atoms with Crippen molar-refractivity contribution in [2.45, 2.75) is 37.3 Å². The second-order valence-electron chi connectivity index (χ2n) is 4.65. The number of fused-ring (bicyclic) bond motifs is 1. The molecule has 0 amide bonds. The molecule has 0 spiro atoms. The van der Waals surface area contributed by atoms with Crippen LogP contribution in [0.1, 0.15) is 25.0 Å². The van der Waals surface area contributed by atoms with Gasteiger partial charge in [0.15, 0.2) is 0 Å². The highest BCUT2D eigenvalue weighted by Gasteiger charge is 2.25. The Morgan fingerprint density at radius 2 is 1.86 bits per heavy atom. The van der Waals surface area contributed by atoms with Gasteiger partial charge in [-0.15, -0.1) is 11.8 Å². The van der Waals surface area contributed by atoms with Crippen molar-refractivity contribution >= 4 is 17.4 Å². The maximum absolute atomic E-state index is 3.50. The first-order valence-corrected chi connectivity index (χ1v) is 5.84. The van der Waals surface area contributed by atoms with E-state index in [0.717, 1.165) is 6.54 Å². The summed E-state index contributed by atoms with van der Waals surface area (Å²) in [5.74, 6) is 0. The van der Waals surface area contributed by atoms with Gasteiger partial charge in [-0.05, 0) is 51.0 Å². The van der Waals surface area contributed by atoms with E-state index in [2.05, 4.69) is 45.1 Å². The van der Waals surface area contributed by atoms with Gasteiger partial charge in [-0.1, -0.05) is 0 Å². The molecule has 0 atom stereocenters. The van der Waals surface area contributed by atoms with Crippen LogP contribution in [0.3, 0.4) is 0 Å². The molecule has 0 unspecified atom stereocenters. The molecule has 1 heterocycles. The summed E-state index contributed by atoms with van der Waals surface area (Å²) in [6.45, 7) is 9.96. The summed E-state index contributed by atoms with van der Waals surface area (Å²) < 4.78 is 0.314. The normalized spacial score (nSPS) is 18.6. The first-order valence-electron chi connectivity index (χ1n) is 5.02. The molecule has 2 heteroatoms. The first kappa shape index (κ1) is 9.91. The number of anilines is 1. The molecule has 1 aliphatic rings. The monoisotopic (exact) mass is 207 g/mol. The first-order chi connectivity index (χ1) is 6.48. The van der Waals surface area contributed by atoms with Crippen LogP contribution < -0.4 is 5.32 Å². The lowest BCUT2D eigenvalue weighted by Gasteiger charge is -2.32. The van der Waals surface area contributed by atoms with Gasteiger partial charge in [0, 0.05) is 21.9 Å². The molecule has 1 N–H and O–H groups in total. The van der Waals surface area contributed by atoms with Crippen LogP contribution in [0, 0.1) is 13.8 Å². The number of thioether (sulfide) groups is 1. The molecule has 0 saturated heterocycles. The Hall–Kier alpha value is -0.630. The summed E-state index contributed by atoms with van der Waals surface area (Å²) in [6, 6.07) is 4.55. The number of aryl methyl sites for hydroxylation is 2. The Morgan fingerprint density at radius 1 is 1.21 bits per heavy atom. The van der Waals surface area contributed by atoms with Gasteiger partial charge in [0.1, 0.15) is 0 Å². The predicted molar refractivity (Wildman–Crippen MR) is 64.3 cm³/mol. The third-order valence-corrected chi connectivity index (χ3v) is 3.94. The van der Waals surface area contributed by atoms with Gasteiger partial charge < -0.3 is 5.32 Å². The average Bonchev–Trinajstić information content (AvgIpc) is 2.07. The van der Waals surface area contributed by atoms with Gasteiger partial charge in [-0.3, -0.25) is 0 Å². The molecule has 0 aliphatic carbocycles. The molecule has 0 bridgehead atoms. The minimum absolute atomic E-state index is 0.314. The lowest BCUT2D eigenvalue weighted by molar-refractivity contribution is 0.738. The van der Waals surface area contributed by atoms with Crippen LogP contribution in [-0.4, -0.2) is 11.3 Å². The second kappa shape index (κ2) is 3.20. The molecule has 2 rings (SSSR count). The number of hydrogen-bond donors (Lipinski definition) is 1. The Labute approximate surface area is 90.3 Å². The van der Waals surface area contributed by atoms with E-state index in [1.54, 1.807) is 0 Å². The number of benzene rings is 1. The minimum atomic E-state index is 0.314. The zero-order chi connectivity index (χ0) is 10.3. The van der Waals surface area contributed by atoms with Crippen LogP contribution in [0.5, 0.6) is 0 Å². The lowest BCUT2D eigenvalue weighted by atomic mass is 10.1. The standard InChI is InChI=1S/C12H17NS/c1-8-5-10-11(6-9(8)2)14-12(3,4)7-13-10/h5-6,13H,7H2,1-4H3. The molecule has 14 heavy (non-hydrogen) atoms. The Balaban J connectivity index is 2.43. The summed E-state index contributed by atoms with van der Waals surface area (Å²) >= 11 is 1.97. The summed E-state index contributed by atoms with van der Waals surface area (Å²) in [7, 11) is 0. The van der Waals surface area contributed by atoms with Crippen LogP contribution in [0.25, 0.3) is 0 Å². The third-order valence-electron chi connectivity index (χ3n) is 2.69. The van der Waals surface area contributed by atoms with Crippen molar-refractivity contribution in [1.29, 1.82) is 0 Å². The van der Waals surface area contributed by atoms with Crippen LogP contribution in [-0.2, 0) is 0 Å². The number of nitrogens with one attached hydrogen (secondary N) is 1. The van der Waals surface area contributed by atoms with Crippen molar-refractivity contribution in [3.05, 3.63) is 23.3 Å². The molecular formula is C12H17NS. The van der Waals surface area contributed by atoms with Crippen LogP contribution >= 0.6 is 11.8 Å². The second-order valence-corrected chi connectivity index (χ2v) is 6.40. The van der Waals surface area contributed by atoms with Crippen molar-refractivity contribution in [2.75, 3.05) is 11.9 Å². The topological polar surface area (TPSA) is 12.0 Å². The summed E-state index contributed by atoms with van der Waals surface area (Å²) in [5, 5.41) is 3.50. The molecule has 1 aliphatic heterocycles. The predicted octanol–water partition coefficient (Wildman–Crippen LogP) is 3.60. The van der Waals surface area contributed by atoms with Crippen LogP contribution in [0.15, 0.2) is 17.0 Å². The van der Waals surface area contributed by atoms with E-state index in [-0.39, 0.29) is 0 Å². The van der Waals surface area contributed by atoms with E-state index in [1.165, 1.54) is 21.7 Å². The van der Waals surface area contributed by atoms with Gasteiger partial charge in [-0.2, -0.15) is 0 Å². The zero-order valence-corrected chi connectivity index (χ0v) is 10.1. The Morgan fingerprint density at radius 3 is 2.57 bits per heavy atom. The van der Waals surface area contributed by atoms with Gasteiger partial charge in [0.05, 0.1) is 0 Å². The highest BCUT2D eigenvalue weighted by atomic mass is 32.2. The highest BCUT2D eigenvalue weighted by Crippen LogP contribution is 2.42. The molecule has 0 fully saturated rings. The van der Waals surface area contributed by atoms with Gasteiger partial charge >= 0.3 is 0 Å². The van der Waals surface area contributed by atoms with Crippen molar-refractivity contribution in [1.82, 2.24) is 0 Å². The quantitative estimate of drug-likeness (QED) is 0.697. The van der Waals surface area contributed by atoms with E-state index in [9.17, 15) is 0 Å². The maximum atomic E-state index is 3.50. The van der Waals surface area contributed by atoms with Gasteiger partial charge in [-0.25, -0.2) is 0 Å². The Bertz CT molecular complexity index is 369. The largest absolute Gasteiger partial charge is 0.383 e. The number of rotatable bonds is 0. The van der Waals surface area contributed by atoms with Crippen molar-refractivity contribution in [3.8, 4) is 0 Å². The summed E-state index contributed by atoms with van der Waals surface area (Å²) in [6.07, 6.45) is 0. The van der Waals surface area contributed by atoms with E-state index in [1.807, 2.05) is 11.8 Å². The van der Waals surface area contributed by atoms with Crippen LogP contribution in [0.2, 0.25) is 0 Å². The van der Waals surface area contributed by atoms with E-state index in [4.69, 9.17) is 0 Å². The van der Waals surface area contributed by atoms with Gasteiger partial charge in [0.25, 0.3) is 0 Å². The molecule has 76 valence electrons. The van der Waals surface area contributed by atoms with E-state index in [0.29, 0.717) is 4.75 Å². The average molecular weight is 207 g/mol. The molecular weight excluding hydrogens is 190 g/mol. The van der Waals surface area contributed by atoms with Crippen molar-refractivity contribution < 1.29 is 0 Å². The van der Waals surface area contributed by atoms with Crippen molar-refractivity contribution in [2.24, 2.45) is 0 Å². The maximum Gasteiger partial charge on any atom is 0.0481 e. The minimum Gasteiger partial charge on any atom is -0.383 e. The lowest BCUT2D eigenvalue weighted by Crippen LogP contribution is -2.30. The van der Waals surface area contributed by atoms with E-state index < -0.39 is 0 Å². The van der Waals surface area contributed by atoms with E-state index >= 15 is 0 Å². The molecule has 0 radical (unpaired) electrons. The highest BCUT2D eigenvalue weighted by molar-refractivity contribution is 8.00. The third kappa shape index (κ3) is 1.76. The molecule has 1 aromatic carbocycles.